The number of hydrogen-bond donors (Lipinski definition) is 2. The Morgan fingerprint density at radius 1 is 1.17 bits per heavy atom. The van der Waals surface area contributed by atoms with E-state index in [-0.39, 0.29) is 29.8 Å². The van der Waals surface area contributed by atoms with Crippen molar-refractivity contribution >= 4 is 11.8 Å². The number of aryl methyl sites for hydroxylation is 1. The second kappa shape index (κ2) is 11.7. The lowest BCUT2D eigenvalue weighted by atomic mass is 10.1. The Balaban J connectivity index is 1.57. The summed E-state index contributed by atoms with van der Waals surface area (Å²) in [4.78, 5) is 30.5. The summed E-state index contributed by atoms with van der Waals surface area (Å²) >= 11 is 0. The van der Waals surface area contributed by atoms with Crippen LogP contribution in [-0.4, -0.2) is 72.6 Å². The number of rotatable bonds is 9. The molecule has 3 unspecified atom stereocenters. The zero-order valence-electron chi connectivity index (χ0n) is 20.3. The van der Waals surface area contributed by atoms with Crippen molar-refractivity contribution in [3.05, 3.63) is 71.0 Å². The van der Waals surface area contributed by atoms with Crippen molar-refractivity contribution in [2.45, 2.75) is 50.9 Å². The van der Waals surface area contributed by atoms with Gasteiger partial charge in [-0.25, -0.2) is 4.39 Å². The number of carbonyl (C=O) groups excluding carboxylic acids is 2. The van der Waals surface area contributed by atoms with Gasteiger partial charge in [-0.3, -0.25) is 14.5 Å². The Hall–Kier alpha value is -2.81. The average molecular weight is 483 g/mol. The summed E-state index contributed by atoms with van der Waals surface area (Å²) in [6.45, 7) is 5.15. The van der Waals surface area contributed by atoms with E-state index in [2.05, 4.69) is 10.2 Å². The molecule has 2 saturated heterocycles. The Morgan fingerprint density at radius 2 is 1.91 bits per heavy atom. The minimum atomic E-state index is -0.583. The molecule has 0 bridgehead atoms. The highest BCUT2D eigenvalue weighted by Gasteiger charge is 2.42. The summed E-state index contributed by atoms with van der Waals surface area (Å²) in [5.74, 6) is -0.608. The first kappa shape index (κ1) is 25.3. The molecule has 2 aliphatic rings. The third-order valence-electron chi connectivity index (χ3n) is 6.86. The fourth-order valence-electron chi connectivity index (χ4n) is 4.94. The van der Waals surface area contributed by atoms with Crippen molar-refractivity contribution < 1.29 is 18.7 Å². The van der Waals surface area contributed by atoms with E-state index in [1.165, 1.54) is 12.1 Å². The van der Waals surface area contributed by atoms with Gasteiger partial charge in [0.2, 0.25) is 5.91 Å². The number of halogens is 1. The summed E-state index contributed by atoms with van der Waals surface area (Å²) in [7, 11) is 0. The van der Waals surface area contributed by atoms with E-state index in [1.54, 1.807) is 17.0 Å². The molecule has 7 nitrogen and oxygen atoms in total. The van der Waals surface area contributed by atoms with Gasteiger partial charge in [0.1, 0.15) is 11.9 Å². The van der Waals surface area contributed by atoms with Gasteiger partial charge >= 0.3 is 0 Å². The number of ether oxygens (including phenoxy) is 1. The molecular formula is C27H35FN4O3. The molecular weight excluding hydrogens is 447 g/mol. The summed E-state index contributed by atoms with van der Waals surface area (Å²) in [5, 5.41) is 2.87. The van der Waals surface area contributed by atoms with E-state index < -0.39 is 6.04 Å². The van der Waals surface area contributed by atoms with E-state index in [0.717, 1.165) is 30.6 Å². The number of hydrogen-bond acceptors (Lipinski definition) is 5. The van der Waals surface area contributed by atoms with Crippen molar-refractivity contribution in [3.8, 4) is 0 Å². The Kier molecular flexibility index (Phi) is 8.49. The number of benzene rings is 2. The molecule has 2 aliphatic heterocycles. The predicted molar refractivity (Wildman–Crippen MR) is 132 cm³/mol. The minimum absolute atomic E-state index is 0.0349. The number of amides is 2. The lowest BCUT2D eigenvalue weighted by molar-refractivity contribution is -0.124. The van der Waals surface area contributed by atoms with Crippen LogP contribution in [0.3, 0.4) is 0 Å². The topological polar surface area (TPSA) is 87.9 Å². The van der Waals surface area contributed by atoms with Gasteiger partial charge in [0, 0.05) is 50.9 Å². The molecule has 0 aliphatic carbocycles. The molecule has 0 spiro atoms. The highest BCUT2D eigenvalue weighted by molar-refractivity contribution is 5.98. The first-order valence-electron chi connectivity index (χ1n) is 12.4. The zero-order chi connectivity index (χ0) is 24.8. The maximum atomic E-state index is 13.5. The molecule has 0 aromatic heterocycles. The Bertz CT molecular complexity index is 992. The van der Waals surface area contributed by atoms with Gasteiger partial charge in [0.15, 0.2) is 0 Å². The van der Waals surface area contributed by atoms with Crippen molar-refractivity contribution in [2.24, 2.45) is 5.73 Å². The molecule has 0 saturated carbocycles. The van der Waals surface area contributed by atoms with Crippen LogP contribution in [0.15, 0.2) is 48.5 Å². The van der Waals surface area contributed by atoms with Crippen LogP contribution in [0, 0.1) is 12.7 Å². The fraction of sp³-hybridized carbons (Fsp3) is 0.481. The van der Waals surface area contributed by atoms with Crippen molar-refractivity contribution in [1.29, 1.82) is 0 Å². The van der Waals surface area contributed by atoms with E-state index in [0.29, 0.717) is 44.7 Å². The molecule has 3 atom stereocenters. The molecule has 2 aromatic rings. The average Bonchev–Trinajstić information content (AvgIpc) is 3.54. The molecule has 2 aromatic carbocycles. The SMILES string of the molecule is Cc1ccc(C(=O)N2CC(N(Cc3ccc(F)cc3)CC3CCCO3)CC2C(=O)NCCN)cc1. The highest BCUT2D eigenvalue weighted by atomic mass is 19.1. The van der Waals surface area contributed by atoms with Crippen LogP contribution < -0.4 is 11.1 Å². The van der Waals surface area contributed by atoms with Crippen molar-refractivity contribution in [2.75, 3.05) is 32.8 Å². The van der Waals surface area contributed by atoms with Gasteiger partial charge < -0.3 is 20.7 Å². The highest BCUT2D eigenvalue weighted by Crippen LogP contribution is 2.28. The molecule has 35 heavy (non-hydrogen) atoms. The van der Waals surface area contributed by atoms with Crippen LogP contribution in [0.2, 0.25) is 0 Å². The van der Waals surface area contributed by atoms with Crippen LogP contribution in [0.1, 0.15) is 40.7 Å². The third-order valence-corrected chi connectivity index (χ3v) is 6.86. The Morgan fingerprint density at radius 3 is 2.57 bits per heavy atom. The Labute approximate surface area is 206 Å². The van der Waals surface area contributed by atoms with Gasteiger partial charge in [-0.1, -0.05) is 29.8 Å². The predicted octanol–water partition coefficient (Wildman–Crippen LogP) is 2.47. The normalized spacial score (nSPS) is 22.1. The minimum Gasteiger partial charge on any atom is -0.377 e. The van der Waals surface area contributed by atoms with Crippen LogP contribution in [0.25, 0.3) is 0 Å². The first-order valence-corrected chi connectivity index (χ1v) is 12.4. The van der Waals surface area contributed by atoms with Crippen LogP contribution in [0.5, 0.6) is 0 Å². The second-order valence-corrected chi connectivity index (χ2v) is 9.50. The molecule has 188 valence electrons. The summed E-state index contributed by atoms with van der Waals surface area (Å²) in [5.41, 5.74) is 8.21. The molecule has 4 rings (SSSR count). The number of nitrogens with one attached hydrogen (secondary N) is 1. The molecule has 0 radical (unpaired) electrons. The molecule has 3 N–H and O–H groups in total. The van der Waals surface area contributed by atoms with E-state index >= 15 is 0 Å². The van der Waals surface area contributed by atoms with Crippen LogP contribution in [0.4, 0.5) is 4.39 Å². The maximum Gasteiger partial charge on any atom is 0.254 e. The lowest BCUT2D eigenvalue weighted by Gasteiger charge is -2.31. The number of carbonyl (C=O) groups is 2. The quantitative estimate of drug-likeness (QED) is 0.573. The van der Waals surface area contributed by atoms with Gasteiger partial charge in [-0.05, 0) is 56.0 Å². The van der Waals surface area contributed by atoms with Crippen molar-refractivity contribution in [3.63, 3.8) is 0 Å². The number of likely N-dealkylation sites (tertiary alicyclic amines) is 1. The smallest absolute Gasteiger partial charge is 0.254 e. The summed E-state index contributed by atoms with van der Waals surface area (Å²) in [6, 6.07) is 13.3. The first-order chi connectivity index (χ1) is 16.9. The van der Waals surface area contributed by atoms with Gasteiger partial charge in [0.25, 0.3) is 5.91 Å². The second-order valence-electron chi connectivity index (χ2n) is 9.50. The number of nitrogens with two attached hydrogens (primary N) is 1. The van der Waals surface area contributed by atoms with Crippen molar-refractivity contribution in [1.82, 2.24) is 15.1 Å². The number of nitrogens with zero attached hydrogens (tertiary/aromatic N) is 2. The largest absolute Gasteiger partial charge is 0.377 e. The van der Waals surface area contributed by atoms with E-state index in [4.69, 9.17) is 10.5 Å². The molecule has 2 heterocycles. The van der Waals surface area contributed by atoms with Crippen LogP contribution in [-0.2, 0) is 16.1 Å². The monoisotopic (exact) mass is 482 g/mol. The summed E-state index contributed by atoms with van der Waals surface area (Å²) < 4.78 is 19.4. The van der Waals surface area contributed by atoms with Gasteiger partial charge in [0.05, 0.1) is 6.10 Å². The standard InChI is InChI=1S/C27H35FN4O3/c1-19-4-8-21(9-5-19)27(34)32-17-23(15-25(32)26(33)30-13-12-29)31(18-24-3-2-14-35-24)16-20-6-10-22(28)11-7-20/h4-11,23-25H,2-3,12-18,29H2,1H3,(H,30,33). The van der Waals surface area contributed by atoms with E-state index in [9.17, 15) is 14.0 Å². The van der Waals surface area contributed by atoms with Gasteiger partial charge in [-0.2, -0.15) is 0 Å². The molecule has 2 amide bonds. The van der Waals surface area contributed by atoms with Crippen LogP contribution >= 0.6 is 0 Å². The zero-order valence-corrected chi connectivity index (χ0v) is 20.3. The van der Waals surface area contributed by atoms with E-state index in [1.807, 2.05) is 31.2 Å². The summed E-state index contributed by atoms with van der Waals surface area (Å²) in [6.07, 6.45) is 2.64. The lowest BCUT2D eigenvalue weighted by Crippen LogP contribution is -2.47. The third kappa shape index (κ3) is 6.45. The molecule has 2 fully saturated rings. The molecule has 8 heteroatoms. The maximum absolute atomic E-state index is 13.5. The fourth-order valence-corrected chi connectivity index (χ4v) is 4.94. The van der Waals surface area contributed by atoms with Gasteiger partial charge in [-0.15, -0.1) is 0 Å².